The number of hydrogen-bond acceptors (Lipinski definition) is 4. The van der Waals surface area contributed by atoms with Crippen LogP contribution in [-0.2, 0) is 6.54 Å². The molecule has 4 rings (SSSR count). The van der Waals surface area contributed by atoms with E-state index in [1.807, 2.05) is 75.4 Å². The molecule has 9 heteroatoms. The average Bonchev–Trinajstić information content (AvgIpc) is 3.16. The topological polar surface area (TPSA) is 100 Å². The van der Waals surface area contributed by atoms with Crippen LogP contribution in [0.15, 0.2) is 59.4 Å². The number of carbonyl (C=O) groups excluding carboxylic acids is 2. The second-order valence-electron chi connectivity index (χ2n) is 9.22. The number of nitrogens with one attached hydrogen (secondary N) is 3. The Morgan fingerprint density at radius 2 is 1.67 bits per heavy atom. The SMILES string of the molecule is Cc1ccccc1-n1c(-c2ccccc2)c(C(=O)N2CCNCC2)n(CCNC(=O)NC(C)C)c1=O. The summed E-state index contributed by atoms with van der Waals surface area (Å²) in [5.41, 5.74) is 3.00. The van der Waals surface area contributed by atoms with Crippen LogP contribution in [0.3, 0.4) is 0 Å². The number of hydrogen-bond donors (Lipinski definition) is 3. The van der Waals surface area contributed by atoms with Crippen molar-refractivity contribution in [3.8, 4) is 16.9 Å². The molecule has 0 atom stereocenters. The van der Waals surface area contributed by atoms with E-state index >= 15 is 0 Å². The van der Waals surface area contributed by atoms with Gasteiger partial charge in [-0.2, -0.15) is 0 Å². The Hall–Kier alpha value is -3.85. The maximum absolute atomic E-state index is 14.0. The first kappa shape index (κ1) is 25.2. The molecule has 0 unspecified atom stereocenters. The van der Waals surface area contributed by atoms with Gasteiger partial charge in [-0.15, -0.1) is 0 Å². The number of urea groups is 1. The molecule has 0 radical (unpaired) electrons. The van der Waals surface area contributed by atoms with Crippen LogP contribution in [0.25, 0.3) is 16.9 Å². The van der Waals surface area contributed by atoms with Gasteiger partial charge in [0.1, 0.15) is 5.69 Å². The summed E-state index contributed by atoms with van der Waals surface area (Å²) in [7, 11) is 0. The summed E-state index contributed by atoms with van der Waals surface area (Å²) in [5, 5.41) is 8.86. The largest absolute Gasteiger partial charge is 0.336 e. The molecule has 0 bridgehead atoms. The lowest BCUT2D eigenvalue weighted by Gasteiger charge is -2.28. The number of para-hydroxylation sites is 1. The minimum atomic E-state index is -0.312. The molecule has 1 aliphatic rings. The van der Waals surface area contributed by atoms with Gasteiger partial charge < -0.3 is 20.9 Å². The molecule has 1 saturated heterocycles. The number of piperazine rings is 1. The van der Waals surface area contributed by atoms with Crippen molar-refractivity contribution in [2.45, 2.75) is 33.4 Å². The molecule has 9 nitrogen and oxygen atoms in total. The summed E-state index contributed by atoms with van der Waals surface area (Å²) < 4.78 is 3.14. The second kappa shape index (κ2) is 11.3. The van der Waals surface area contributed by atoms with Crippen molar-refractivity contribution in [1.82, 2.24) is 30.0 Å². The van der Waals surface area contributed by atoms with E-state index in [1.54, 1.807) is 9.47 Å². The Morgan fingerprint density at radius 1 is 1.00 bits per heavy atom. The Labute approximate surface area is 211 Å². The van der Waals surface area contributed by atoms with E-state index in [4.69, 9.17) is 0 Å². The molecule has 190 valence electrons. The van der Waals surface area contributed by atoms with E-state index in [9.17, 15) is 14.4 Å². The van der Waals surface area contributed by atoms with Gasteiger partial charge in [-0.3, -0.25) is 13.9 Å². The van der Waals surface area contributed by atoms with Crippen molar-refractivity contribution in [3.05, 3.63) is 76.3 Å². The molecule has 2 aromatic carbocycles. The lowest BCUT2D eigenvalue weighted by atomic mass is 10.1. The van der Waals surface area contributed by atoms with Crippen molar-refractivity contribution in [1.29, 1.82) is 0 Å². The highest BCUT2D eigenvalue weighted by Gasteiger charge is 2.31. The van der Waals surface area contributed by atoms with E-state index in [0.717, 1.165) is 16.8 Å². The van der Waals surface area contributed by atoms with Gasteiger partial charge in [-0.1, -0.05) is 48.5 Å². The maximum Gasteiger partial charge on any atom is 0.333 e. The van der Waals surface area contributed by atoms with Crippen molar-refractivity contribution >= 4 is 11.9 Å². The zero-order valence-electron chi connectivity index (χ0n) is 21.1. The molecule has 1 fully saturated rings. The lowest BCUT2D eigenvalue weighted by molar-refractivity contribution is 0.0725. The molecule has 0 aliphatic carbocycles. The first-order chi connectivity index (χ1) is 17.4. The standard InChI is InChI=1S/C27H34N6O3/c1-19(2)30-26(35)29-15-18-32-24(25(34)31-16-13-28-14-17-31)23(21-10-5-4-6-11-21)33(27(32)36)22-12-8-7-9-20(22)3/h4-12,19,28H,13-18H2,1-3H3,(H2,29,30,35). The monoisotopic (exact) mass is 490 g/mol. The van der Waals surface area contributed by atoms with Gasteiger partial charge in [-0.25, -0.2) is 9.59 Å². The van der Waals surface area contributed by atoms with E-state index in [0.29, 0.717) is 37.6 Å². The third-order valence-corrected chi connectivity index (χ3v) is 6.19. The summed E-state index contributed by atoms with van der Waals surface area (Å²) in [4.78, 5) is 41.9. The third kappa shape index (κ3) is 5.36. The van der Waals surface area contributed by atoms with Crippen molar-refractivity contribution in [2.75, 3.05) is 32.7 Å². The summed E-state index contributed by atoms with van der Waals surface area (Å²) in [6.07, 6.45) is 0. The summed E-state index contributed by atoms with van der Waals surface area (Å²) in [5.74, 6) is -0.189. The Bertz CT molecular complexity index is 1270. The number of rotatable bonds is 7. The van der Waals surface area contributed by atoms with Gasteiger partial charge in [0, 0.05) is 50.9 Å². The Morgan fingerprint density at radius 3 is 2.33 bits per heavy atom. The van der Waals surface area contributed by atoms with Gasteiger partial charge in [0.25, 0.3) is 5.91 Å². The summed E-state index contributed by atoms with van der Waals surface area (Å²) in [6.45, 7) is 8.59. The molecule has 2 heterocycles. The average molecular weight is 491 g/mol. The molecule has 36 heavy (non-hydrogen) atoms. The Balaban J connectivity index is 1.87. The van der Waals surface area contributed by atoms with Crippen LogP contribution in [0, 0.1) is 6.92 Å². The van der Waals surface area contributed by atoms with Crippen molar-refractivity contribution < 1.29 is 9.59 Å². The molecule has 0 spiro atoms. The predicted octanol–water partition coefficient (Wildman–Crippen LogP) is 2.37. The fourth-order valence-corrected chi connectivity index (χ4v) is 4.48. The molecular weight excluding hydrogens is 456 g/mol. The zero-order valence-corrected chi connectivity index (χ0v) is 21.1. The fraction of sp³-hybridized carbons (Fsp3) is 0.370. The van der Waals surface area contributed by atoms with Crippen LogP contribution in [0.2, 0.25) is 0 Å². The molecule has 3 amide bonds. The fourth-order valence-electron chi connectivity index (χ4n) is 4.48. The van der Waals surface area contributed by atoms with Crippen molar-refractivity contribution in [3.63, 3.8) is 0 Å². The number of aryl methyl sites for hydroxylation is 1. The molecule has 3 aromatic rings. The molecule has 0 saturated carbocycles. The smallest absolute Gasteiger partial charge is 0.333 e. The van der Waals surface area contributed by atoms with Crippen LogP contribution in [0.4, 0.5) is 4.79 Å². The van der Waals surface area contributed by atoms with E-state index in [2.05, 4.69) is 16.0 Å². The van der Waals surface area contributed by atoms with Crippen molar-refractivity contribution in [2.24, 2.45) is 0 Å². The minimum Gasteiger partial charge on any atom is -0.336 e. The number of aromatic nitrogens is 2. The van der Waals surface area contributed by atoms with Crippen LogP contribution >= 0.6 is 0 Å². The van der Waals surface area contributed by atoms with Gasteiger partial charge in [-0.05, 0) is 32.4 Å². The number of benzene rings is 2. The maximum atomic E-state index is 14.0. The molecule has 1 aromatic heterocycles. The van der Waals surface area contributed by atoms with Gasteiger partial charge >= 0.3 is 11.7 Å². The quantitative estimate of drug-likeness (QED) is 0.473. The van der Waals surface area contributed by atoms with Crippen LogP contribution < -0.4 is 21.6 Å². The predicted molar refractivity (Wildman–Crippen MR) is 141 cm³/mol. The number of nitrogens with zero attached hydrogens (tertiary/aromatic N) is 3. The first-order valence-corrected chi connectivity index (χ1v) is 12.4. The first-order valence-electron chi connectivity index (χ1n) is 12.4. The number of carbonyl (C=O) groups is 2. The number of imidazole rings is 1. The lowest BCUT2D eigenvalue weighted by Crippen LogP contribution is -2.47. The highest BCUT2D eigenvalue weighted by molar-refractivity contribution is 5.99. The minimum absolute atomic E-state index is 0.00982. The van der Waals surface area contributed by atoms with E-state index in [-0.39, 0.29) is 36.8 Å². The van der Waals surface area contributed by atoms with Gasteiger partial charge in [0.15, 0.2) is 0 Å². The van der Waals surface area contributed by atoms with Gasteiger partial charge in [0.05, 0.1) is 11.4 Å². The molecular formula is C27H34N6O3. The highest BCUT2D eigenvalue weighted by atomic mass is 16.2. The summed E-state index contributed by atoms with van der Waals surface area (Å²) in [6, 6.07) is 16.9. The van der Waals surface area contributed by atoms with Gasteiger partial charge in [0.2, 0.25) is 0 Å². The highest BCUT2D eigenvalue weighted by Crippen LogP contribution is 2.28. The molecule has 1 aliphatic heterocycles. The third-order valence-electron chi connectivity index (χ3n) is 6.19. The molecule has 3 N–H and O–H groups in total. The van der Waals surface area contributed by atoms with Crippen LogP contribution in [0.1, 0.15) is 29.9 Å². The normalized spacial score (nSPS) is 13.6. The van der Waals surface area contributed by atoms with Crippen LogP contribution in [0.5, 0.6) is 0 Å². The van der Waals surface area contributed by atoms with Crippen LogP contribution in [-0.4, -0.2) is 64.7 Å². The zero-order chi connectivity index (χ0) is 25.7. The van der Waals surface area contributed by atoms with E-state index < -0.39 is 0 Å². The Kier molecular flexibility index (Phi) is 7.90. The number of amides is 3. The summed E-state index contributed by atoms with van der Waals surface area (Å²) >= 11 is 0. The van der Waals surface area contributed by atoms with E-state index in [1.165, 1.54) is 4.57 Å². The second-order valence-corrected chi connectivity index (χ2v) is 9.22.